The van der Waals surface area contributed by atoms with Gasteiger partial charge >= 0.3 is 0 Å². The van der Waals surface area contributed by atoms with Gasteiger partial charge in [-0.1, -0.05) is 12.1 Å². The van der Waals surface area contributed by atoms with Gasteiger partial charge in [0.2, 0.25) is 0 Å². The Balaban J connectivity index is 1.82. The second-order valence-corrected chi connectivity index (χ2v) is 6.45. The topological polar surface area (TPSA) is 134 Å². The Morgan fingerprint density at radius 1 is 1.55 bits per heavy atom. The van der Waals surface area contributed by atoms with Gasteiger partial charge in [0, 0.05) is 31.9 Å². The predicted molar refractivity (Wildman–Crippen MR) is 84.0 cm³/mol. The Hall–Kier alpha value is -1.89. The number of hydrogen-bond acceptors (Lipinski definition) is 5. The van der Waals surface area contributed by atoms with Crippen LogP contribution in [0.25, 0.3) is 0 Å². The van der Waals surface area contributed by atoms with E-state index in [4.69, 9.17) is 21.7 Å². The monoisotopic (exact) mass is 307 g/mol. The highest BCUT2D eigenvalue weighted by molar-refractivity contribution is 5.81. The van der Waals surface area contributed by atoms with Crippen LogP contribution in [-0.2, 0) is 11.2 Å². The standard InChI is InChI=1S/C15H25N5O2/c1-15(5-2-10(21)9-15)6-3-12(16)13-8-11(22-20-13)4-7-19-14(17)18/h8,12H,2-7,9,16H2,1H3,(H4,17,18,19)/t12-,15-/m0/s1. The van der Waals surface area contributed by atoms with Gasteiger partial charge in [-0.25, -0.2) is 0 Å². The molecule has 1 fully saturated rings. The van der Waals surface area contributed by atoms with Gasteiger partial charge in [0.15, 0.2) is 5.96 Å². The van der Waals surface area contributed by atoms with Crippen LogP contribution in [0.1, 0.15) is 56.5 Å². The molecule has 7 heteroatoms. The minimum Gasteiger partial charge on any atom is -0.370 e. The molecule has 2 rings (SSSR count). The quantitative estimate of drug-likeness (QED) is 0.509. The van der Waals surface area contributed by atoms with E-state index in [9.17, 15) is 4.79 Å². The summed E-state index contributed by atoms with van der Waals surface area (Å²) in [6, 6.07) is 1.68. The van der Waals surface area contributed by atoms with Gasteiger partial charge in [0.25, 0.3) is 0 Å². The lowest BCUT2D eigenvalue weighted by Gasteiger charge is -2.23. The predicted octanol–water partition coefficient (Wildman–Crippen LogP) is 1.03. The lowest BCUT2D eigenvalue weighted by atomic mass is 9.82. The maximum atomic E-state index is 11.4. The van der Waals surface area contributed by atoms with E-state index in [1.807, 2.05) is 6.07 Å². The molecule has 22 heavy (non-hydrogen) atoms. The van der Waals surface area contributed by atoms with E-state index >= 15 is 0 Å². The molecule has 0 radical (unpaired) electrons. The Labute approximate surface area is 130 Å². The molecule has 0 saturated heterocycles. The fourth-order valence-electron chi connectivity index (χ4n) is 2.88. The Morgan fingerprint density at radius 2 is 2.32 bits per heavy atom. The van der Waals surface area contributed by atoms with Crippen molar-refractivity contribution in [1.82, 2.24) is 5.16 Å². The molecule has 2 atom stereocenters. The molecule has 0 aromatic carbocycles. The van der Waals surface area contributed by atoms with Gasteiger partial charge in [-0.05, 0) is 24.7 Å². The molecule has 1 heterocycles. The number of Topliss-reactive ketones (excluding diaryl/α,β-unsaturated/α-hetero) is 1. The zero-order chi connectivity index (χ0) is 16.2. The molecule has 0 bridgehead atoms. The first-order valence-corrected chi connectivity index (χ1v) is 7.66. The van der Waals surface area contributed by atoms with Crippen LogP contribution in [0.15, 0.2) is 15.6 Å². The molecular weight excluding hydrogens is 282 g/mol. The summed E-state index contributed by atoms with van der Waals surface area (Å²) in [7, 11) is 0. The molecule has 6 N–H and O–H groups in total. The molecular formula is C15H25N5O2. The number of nitrogens with zero attached hydrogens (tertiary/aromatic N) is 2. The molecule has 0 spiro atoms. The van der Waals surface area contributed by atoms with E-state index in [1.54, 1.807) is 0 Å². The highest BCUT2D eigenvalue weighted by atomic mass is 16.5. The smallest absolute Gasteiger partial charge is 0.185 e. The number of aliphatic imine (C=N–C) groups is 1. The summed E-state index contributed by atoms with van der Waals surface area (Å²) in [6.07, 6.45) is 4.64. The number of ketones is 1. The molecule has 0 unspecified atom stereocenters. The first-order valence-electron chi connectivity index (χ1n) is 7.66. The summed E-state index contributed by atoms with van der Waals surface area (Å²) < 4.78 is 5.25. The summed E-state index contributed by atoms with van der Waals surface area (Å²) in [5, 5.41) is 4.02. The maximum absolute atomic E-state index is 11.4. The van der Waals surface area contributed by atoms with Crippen LogP contribution in [0.2, 0.25) is 0 Å². The first-order chi connectivity index (χ1) is 10.4. The van der Waals surface area contributed by atoms with Crippen molar-refractivity contribution in [1.29, 1.82) is 0 Å². The number of hydrogen-bond donors (Lipinski definition) is 3. The maximum Gasteiger partial charge on any atom is 0.185 e. The van der Waals surface area contributed by atoms with Crippen molar-refractivity contribution in [2.45, 2.75) is 51.5 Å². The summed E-state index contributed by atoms with van der Waals surface area (Å²) in [4.78, 5) is 15.3. The van der Waals surface area contributed by atoms with Crippen molar-refractivity contribution in [3.63, 3.8) is 0 Å². The van der Waals surface area contributed by atoms with Crippen molar-refractivity contribution in [2.75, 3.05) is 6.54 Å². The normalized spacial score (nSPS) is 22.7. The summed E-state index contributed by atoms with van der Waals surface area (Å²) in [5.41, 5.74) is 17.6. The van der Waals surface area contributed by atoms with E-state index in [2.05, 4.69) is 17.1 Å². The zero-order valence-corrected chi connectivity index (χ0v) is 13.0. The van der Waals surface area contributed by atoms with Crippen LogP contribution in [0, 0.1) is 5.41 Å². The number of carbonyl (C=O) groups is 1. The van der Waals surface area contributed by atoms with E-state index in [0.29, 0.717) is 31.6 Å². The highest BCUT2D eigenvalue weighted by Gasteiger charge is 2.34. The van der Waals surface area contributed by atoms with Crippen molar-refractivity contribution in [3.8, 4) is 0 Å². The SMILES string of the molecule is C[C@@]1(CC[C@H](N)c2cc(CCN=C(N)N)on2)CCC(=O)C1. The van der Waals surface area contributed by atoms with Crippen molar-refractivity contribution >= 4 is 11.7 Å². The van der Waals surface area contributed by atoms with Gasteiger partial charge in [-0.2, -0.15) is 0 Å². The highest BCUT2D eigenvalue weighted by Crippen LogP contribution is 2.40. The summed E-state index contributed by atoms with van der Waals surface area (Å²) in [5.74, 6) is 1.15. The fourth-order valence-corrected chi connectivity index (χ4v) is 2.88. The van der Waals surface area contributed by atoms with Crippen molar-refractivity contribution < 1.29 is 9.32 Å². The number of aromatic nitrogens is 1. The summed E-state index contributed by atoms with van der Waals surface area (Å²) >= 11 is 0. The van der Waals surface area contributed by atoms with Crippen LogP contribution in [0.5, 0.6) is 0 Å². The van der Waals surface area contributed by atoms with E-state index in [0.717, 1.165) is 30.7 Å². The molecule has 7 nitrogen and oxygen atoms in total. The Bertz CT molecular complexity index is 550. The van der Waals surface area contributed by atoms with Crippen LogP contribution in [-0.4, -0.2) is 23.4 Å². The molecule has 1 aromatic rings. The third kappa shape index (κ3) is 4.56. The molecule has 122 valence electrons. The van der Waals surface area contributed by atoms with Crippen LogP contribution >= 0.6 is 0 Å². The lowest BCUT2D eigenvalue weighted by molar-refractivity contribution is -0.118. The largest absolute Gasteiger partial charge is 0.370 e. The third-order valence-electron chi connectivity index (χ3n) is 4.30. The minimum absolute atomic E-state index is 0.0656. The van der Waals surface area contributed by atoms with Crippen molar-refractivity contribution in [3.05, 3.63) is 17.5 Å². The number of carbonyl (C=O) groups excluding carboxylic acids is 1. The minimum atomic E-state index is -0.173. The van der Waals surface area contributed by atoms with Crippen molar-refractivity contribution in [2.24, 2.45) is 27.6 Å². The Kier molecular flexibility index (Phi) is 5.18. The average molecular weight is 307 g/mol. The molecule has 1 aromatic heterocycles. The van der Waals surface area contributed by atoms with Gasteiger partial charge < -0.3 is 21.7 Å². The fraction of sp³-hybridized carbons (Fsp3) is 0.667. The van der Waals surface area contributed by atoms with Gasteiger partial charge in [-0.15, -0.1) is 0 Å². The van der Waals surface area contributed by atoms with Crippen LogP contribution in [0.3, 0.4) is 0 Å². The van der Waals surface area contributed by atoms with Gasteiger partial charge in [0.1, 0.15) is 17.2 Å². The van der Waals surface area contributed by atoms with Crippen LogP contribution < -0.4 is 17.2 Å². The van der Waals surface area contributed by atoms with Gasteiger partial charge in [-0.3, -0.25) is 9.79 Å². The molecule has 1 aliphatic carbocycles. The molecule has 0 amide bonds. The lowest BCUT2D eigenvalue weighted by Crippen LogP contribution is -2.23. The number of rotatable bonds is 7. The number of nitrogens with two attached hydrogens (primary N) is 3. The zero-order valence-electron chi connectivity index (χ0n) is 13.0. The van der Waals surface area contributed by atoms with E-state index < -0.39 is 0 Å². The number of guanidine groups is 1. The second kappa shape index (κ2) is 6.91. The third-order valence-corrected chi connectivity index (χ3v) is 4.30. The molecule has 0 aliphatic heterocycles. The van der Waals surface area contributed by atoms with E-state index in [1.165, 1.54) is 0 Å². The Morgan fingerprint density at radius 3 is 2.95 bits per heavy atom. The van der Waals surface area contributed by atoms with Crippen LogP contribution in [0.4, 0.5) is 0 Å². The molecule has 1 aliphatic rings. The second-order valence-electron chi connectivity index (χ2n) is 6.45. The average Bonchev–Trinajstić information content (AvgIpc) is 3.04. The van der Waals surface area contributed by atoms with E-state index in [-0.39, 0.29) is 17.4 Å². The van der Waals surface area contributed by atoms with Gasteiger partial charge in [0.05, 0.1) is 6.04 Å². The first kappa shape index (κ1) is 16.5. The summed E-state index contributed by atoms with van der Waals surface area (Å²) in [6.45, 7) is 2.63. The molecule has 1 saturated carbocycles.